The third-order valence-electron chi connectivity index (χ3n) is 6.30. The third kappa shape index (κ3) is 3.55. The summed E-state index contributed by atoms with van der Waals surface area (Å²) in [5, 5.41) is 1.26. The lowest BCUT2D eigenvalue weighted by molar-refractivity contribution is 0.0927. The molecular weight excluding hydrogens is 350 g/mol. The first-order valence-corrected chi connectivity index (χ1v) is 10.7. The molecule has 1 saturated carbocycles. The van der Waals surface area contributed by atoms with Crippen LogP contribution in [-0.4, -0.2) is 33.6 Å². The van der Waals surface area contributed by atoms with Crippen molar-refractivity contribution in [1.82, 2.24) is 14.5 Å². The molecule has 28 heavy (non-hydrogen) atoms. The van der Waals surface area contributed by atoms with Crippen LogP contribution >= 0.6 is 0 Å². The van der Waals surface area contributed by atoms with Gasteiger partial charge in [0.1, 0.15) is 17.6 Å². The SMILES string of the molecule is Cc1cnc(CN2CCC(Oc3cccc4c3ccn4C3CCCC3)CC2)o1. The Hall–Kier alpha value is -2.27. The summed E-state index contributed by atoms with van der Waals surface area (Å²) in [7, 11) is 0. The molecule has 1 saturated heterocycles. The molecule has 3 aromatic rings. The van der Waals surface area contributed by atoms with E-state index in [4.69, 9.17) is 9.15 Å². The van der Waals surface area contributed by atoms with Gasteiger partial charge in [0.2, 0.25) is 5.89 Å². The molecule has 0 N–H and O–H groups in total. The second-order valence-electron chi connectivity index (χ2n) is 8.31. The molecule has 0 spiro atoms. The van der Waals surface area contributed by atoms with Gasteiger partial charge in [-0.25, -0.2) is 4.98 Å². The zero-order valence-electron chi connectivity index (χ0n) is 16.6. The molecular formula is C23H29N3O2. The predicted octanol–water partition coefficient (Wildman–Crippen LogP) is 5.10. The molecule has 3 heterocycles. The number of ether oxygens (including phenoxy) is 1. The second kappa shape index (κ2) is 7.63. The summed E-state index contributed by atoms with van der Waals surface area (Å²) in [4.78, 5) is 6.73. The van der Waals surface area contributed by atoms with E-state index in [1.807, 2.05) is 6.92 Å². The molecule has 148 valence electrons. The maximum absolute atomic E-state index is 6.47. The van der Waals surface area contributed by atoms with Crippen molar-refractivity contribution in [3.05, 3.63) is 48.3 Å². The fraction of sp³-hybridized carbons (Fsp3) is 0.522. The summed E-state index contributed by atoms with van der Waals surface area (Å²) < 4.78 is 14.6. The fourth-order valence-electron chi connectivity index (χ4n) is 4.79. The first-order chi connectivity index (χ1) is 13.8. The van der Waals surface area contributed by atoms with Crippen molar-refractivity contribution >= 4 is 10.9 Å². The van der Waals surface area contributed by atoms with Crippen LogP contribution < -0.4 is 4.74 Å². The third-order valence-corrected chi connectivity index (χ3v) is 6.30. The molecule has 0 amide bonds. The van der Waals surface area contributed by atoms with Crippen molar-refractivity contribution in [2.45, 2.75) is 64.1 Å². The average Bonchev–Trinajstić information content (AvgIpc) is 3.44. The number of rotatable bonds is 5. The summed E-state index contributed by atoms with van der Waals surface area (Å²) in [6.07, 6.45) is 11.7. The van der Waals surface area contributed by atoms with E-state index in [1.165, 1.54) is 36.6 Å². The number of likely N-dealkylation sites (tertiary alicyclic amines) is 1. The quantitative estimate of drug-likeness (QED) is 0.619. The smallest absolute Gasteiger partial charge is 0.208 e. The molecule has 0 unspecified atom stereocenters. The highest BCUT2D eigenvalue weighted by molar-refractivity contribution is 5.86. The van der Waals surface area contributed by atoms with E-state index in [0.717, 1.165) is 49.9 Å². The van der Waals surface area contributed by atoms with E-state index < -0.39 is 0 Å². The lowest BCUT2D eigenvalue weighted by Gasteiger charge is -2.31. The van der Waals surface area contributed by atoms with Gasteiger partial charge in [0.05, 0.1) is 18.3 Å². The van der Waals surface area contributed by atoms with E-state index in [-0.39, 0.29) is 6.10 Å². The van der Waals surface area contributed by atoms with Crippen LogP contribution in [0.1, 0.15) is 56.2 Å². The zero-order chi connectivity index (χ0) is 18.9. The van der Waals surface area contributed by atoms with Gasteiger partial charge in [-0.15, -0.1) is 0 Å². The first kappa shape index (κ1) is 17.8. The molecule has 0 atom stereocenters. The van der Waals surface area contributed by atoms with Crippen LogP contribution in [-0.2, 0) is 6.54 Å². The molecule has 1 aliphatic heterocycles. The molecule has 5 nitrogen and oxygen atoms in total. The highest BCUT2D eigenvalue weighted by atomic mass is 16.5. The van der Waals surface area contributed by atoms with Crippen LogP contribution in [0.2, 0.25) is 0 Å². The Kier molecular flexibility index (Phi) is 4.85. The highest BCUT2D eigenvalue weighted by Crippen LogP contribution is 2.36. The summed E-state index contributed by atoms with van der Waals surface area (Å²) in [6, 6.07) is 9.41. The number of fused-ring (bicyclic) bond motifs is 1. The molecule has 0 bridgehead atoms. The minimum absolute atomic E-state index is 0.281. The first-order valence-electron chi connectivity index (χ1n) is 10.7. The number of aryl methyl sites for hydroxylation is 1. The van der Waals surface area contributed by atoms with Crippen molar-refractivity contribution < 1.29 is 9.15 Å². The van der Waals surface area contributed by atoms with Gasteiger partial charge in [-0.3, -0.25) is 4.90 Å². The largest absolute Gasteiger partial charge is 0.490 e. The lowest BCUT2D eigenvalue weighted by Crippen LogP contribution is -2.37. The van der Waals surface area contributed by atoms with Gasteiger partial charge < -0.3 is 13.7 Å². The molecule has 2 aromatic heterocycles. The van der Waals surface area contributed by atoms with Crippen LogP contribution in [0.3, 0.4) is 0 Å². The Labute approximate surface area is 166 Å². The Bertz CT molecular complexity index is 930. The van der Waals surface area contributed by atoms with Gasteiger partial charge in [-0.2, -0.15) is 0 Å². The highest BCUT2D eigenvalue weighted by Gasteiger charge is 2.23. The van der Waals surface area contributed by atoms with E-state index >= 15 is 0 Å². The number of nitrogens with zero attached hydrogens (tertiary/aromatic N) is 3. The number of piperidine rings is 1. The topological polar surface area (TPSA) is 43.4 Å². The number of hydrogen-bond donors (Lipinski definition) is 0. The molecule has 1 aliphatic carbocycles. The van der Waals surface area contributed by atoms with Gasteiger partial charge in [0.25, 0.3) is 0 Å². The Morgan fingerprint density at radius 1 is 1.11 bits per heavy atom. The minimum Gasteiger partial charge on any atom is -0.490 e. The van der Waals surface area contributed by atoms with Crippen LogP contribution in [0, 0.1) is 6.92 Å². The minimum atomic E-state index is 0.281. The van der Waals surface area contributed by atoms with Gasteiger partial charge in [-0.05, 0) is 50.8 Å². The summed E-state index contributed by atoms with van der Waals surface area (Å²) in [6.45, 7) is 4.77. The molecule has 5 heteroatoms. The lowest BCUT2D eigenvalue weighted by atomic mass is 10.1. The van der Waals surface area contributed by atoms with Crippen LogP contribution in [0.15, 0.2) is 41.1 Å². The van der Waals surface area contributed by atoms with Gasteiger partial charge in [0, 0.05) is 30.7 Å². The normalized spacial score (nSPS) is 19.6. The summed E-state index contributed by atoms with van der Waals surface area (Å²) in [5.41, 5.74) is 1.32. The average molecular weight is 380 g/mol. The van der Waals surface area contributed by atoms with Crippen molar-refractivity contribution in [1.29, 1.82) is 0 Å². The van der Waals surface area contributed by atoms with Gasteiger partial charge in [-0.1, -0.05) is 18.9 Å². The fourth-order valence-corrected chi connectivity index (χ4v) is 4.79. The number of aromatic nitrogens is 2. The van der Waals surface area contributed by atoms with E-state index in [2.05, 4.69) is 44.9 Å². The summed E-state index contributed by atoms with van der Waals surface area (Å²) in [5.74, 6) is 2.73. The molecule has 2 aliphatic rings. The van der Waals surface area contributed by atoms with Crippen LogP contribution in [0.25, 0.3) is 10.9 Å². The van der Waals surface area contributed by atoms with E-state index in [0.29, 0.717) is 6.04 Å². The number of oxazole rings is 1. The van der Waals surface area contributed by atoms with Crippen molar-refractivity contribution in [3.8, 4) is 5.75 Å². The Morgan fingerprint density at radius 3 is 2.68 bits per heavy atom. The van der Waals surface area contributed by atoms with Crippen molar-refractivity contribution in [2.24, 2.45) is 0 Å². The Morgan fingerprint density at radius 2 is 1.93 bits per heavy atom. The standard InChI is InChI=1S/C23H29N3O2/c1-17-15-24-23(27-17)16-25-12-9-19(10-13-25)28-22-8-4-7-21-20(22)11-14-26(21)18-5-2-3-6-18/h4,7-8,11,14-15,18-19H,2-3,5-6,9-10,12-13,16H2,1H3. The zero-order valence-corrected chi connectivity index (χ0v) is 16.6. The monoisotopic (exact) mass is 379 g/mol. The van der Waals surface area contributed by atoms with Gasteiger partial charge in [0.15, 0.2) is 0 Å². The summed E-state index contributed by atoms with van der Waals surface area (Å²) >= 11 is 0. The predicted molar refractivity (Wildman–Crippen MR) is 110 cm³/mol. The molecule has 2 fully saturated rings. The van der Waals surface area contributed by atoms with Crippen LogP contribution in [0.4, 0.5) is 0 Å². The van der Waals surface area contributed by atoms with Crippen molar-refractivity contribution in [3.63, 3.8) is 0 Å². The second-order valence-corrected chi connectivity index (χ2v) is 8.31. The number of hydrogen-bond acceptors (Lipinski definition) is 4. The Balaban J connectivity index is 1.24. The molecule has 5 rings (SSSR count). The van der Waals surface area contributed by atoms with Crippen molar-refractivity contribution in [2.75, 3.05) is 13.1 Å². The number of benzene rings is 1. The molecule has 0 radical (unpaired) electrons. The maximum atomic E-state index is 6.47. The van der Waals surface area contributed by atoms with Crippen LogP contribution in [0.5, 0.6) is 5.75 Å². The maximum Gasteiger partial charge on any atom is 0.208 e. The molecule has 1 aromatic carbocycles. The van der Waals surface area contributed by atoms with E-state index in [9.17, 15) is 0 Å². The van der Waals surface area contributed by atoms with Gasteiger partial charge >= 0.3 is 0 Å². The van der Waals surface area contributed by atoms with E-state index in [1.54, 1.807) is 6.20 Å².